The van der Waals surface area contributed by atoms with Gasteiger partial charge in [0, 0.05) is 12.2 Å². The van der Waals surface area contributed by atoms with E-state index in [1.165, 1.54) is 11.4 Å². The molecule has 2 aliphatic rings. The van der Waals surface area contributed by atoms with E-state index in [-0.39, 0.29) is 0 Å². The number of allylic oxidation sites excluding steroid dienone is 3. The summed E-state index contributed by atoms with van der Waals surface area (Å²) in [4.78, 5) is 0. The monoisotopic (exact) mass is 306 g/mol. The Bertz CT molecular complexity index is 258. The van der Waals surface area contributed by atoms with Gasteiger partial charge in [0.05, 0.1) is 15.5 Å². The maximum atomic E-state index is 3.52. The molecule has 0 bridgehead atoms. The van der Waals surface area contributed by atoms with Gasteiger partial charge in [-0.3, -0.25) is 0 Å². The molecular formula is C9H12Br2N2. The normalized spacial score (nSPS) is 26.8. The summed E-state index contributed by atoms with van der Waals surface area (Å²) in [5.74, 6) is 0. The van der Waals surface area contributed by atoms with E-state index in [9.17, 15) is 0 Å². The SMILES string of the molecule is BrC(Br)C1CNC2=C(C=CCC2)N1. The first-order valence-corrected chi connectivity index (χ1v) is 6.29. The van der Waals surface area contributed by atoms with Crippen molar-refractivity contribution in [2.24, 2.45) is 0 Å². The van der Waals surface area contributed by atoms with Gasteiger partial charge in [-0.2, -0.15) is 0 Å². The highest BCUT2D eigenvalue weighted by molar-refractivity contribution is 9.24. The molecular weight excluding hydrogens is 296 g/mol. The second kappa shape index (κ2) is 4.05. The van der Waals surface area contributed by atoms with Gasteiger partial charge in [-0.15, -0.1) is 0 Å². The first-order valence-electron chi connectivity index (χ1n) is 4.45. The smallest absolute Gasteiger partial charge is 0.0915 e. The molecule has 0 saturated heterocycles. The molecule has 1 heterocycles. The first-order chi connectivity index (χ1) is 6.27. The maximum Gasteiger partial charge on any atom is 0.0915 e. The van der Waals surface area contributed by atoms with Crippen molar-refractivity contribution in [3.05, 3.63) is 23.5 Å². The fourth-order valence-corrected chi connectivity index (χ4v) is 2.26. The minimum atomic E-state index is 0.317. The number of rotatable bonds is 1. The van der Waals surface area contributed by atoms with Gasteiger partial charge in [0.25, 0.3) is 0 Å². The summed E-state index contributed by atoms with van der Waals surface area (Å²) in [6.07, 6.45) is 6.68. The van der Waals surface area contributed by atoms with E-state index in [0.717, 1.165) is 19.4 Å². The van der Waals surface area contributed by atoms with Gasteiger partial charge in [-0.05, 0) is 18.9 Å². The van der Waals surface area contributed by atoms with Crippen LogP contribution < -0.4 is 10.6 Å². The summed E-state index contributed by atoms with van der Waals surface area (Å²) in [7, 11) is 0. The van der Waals surface area contributed by atoms with Crippen LogP contribution in [-0.4, -0.2) is 16.3 Å². The first kappa shape index (κ1) is 9.59. The van der Waals surface area contributed by atoms with E-state index in [4.69, 9.17) is 0 Å². The van der Waals surface area contributed by atoms with Gasteiger partial charge >= 0.3 is 0 Å². The minimum Gasteiger partial charge on any atom is -0.385 e. The van der Waals surface area contributed by atoms with Crippen LogP contribution in [0.2, 0.25) is 0 Å². The molecule has 13 heavy (non-hydrogen) atoms. The molecule has 1 unspecified atom stereocenters. The van der Waals surface area contributed by atoms with E-state index in [2.05, 4.69) is 54.6 Å². The van der Waals surface area contributed by atoms with Gasteiger partial charge < -0.3 is 10.6 Å². The predicted molar refractivity (Wildman–Crippen MR) is 62.0 cm³/mol. The summed E-state index contributed by atoms with van der Waals surface area (Å²) in [5.41, 5.74) is 2.62. The summed E-state index contributed by atoms with van der Waals surface area (Å²) in [6, 6.07) is 0.418. The van der Waals surface area contributed by atoms with E-state index in [1.54, 1.807) is 0 Å². The molecule has 1 aliphatic heterocycles. The molecule has 0 aromatic heterocycles. The highest BCUT2D eigenvalue weighted by Gasteiger charge is 2.23. The van der Waals surface area contributed by atoms with Crippen molar-refractivity contribution in [1.29, 1.82) is 0 Å². The molecule has 1 aliphatic carbocycles. The van der Waals surface area contributed by atoms with Gasteiger partial charge in [-0.1, -0.05) is 37.9 Å². The Morgan fingerprint density at radius 2 is 2.31 bits per heavy atom. The third kappa shape index (κ3) is 2.10. The Balaban J connectivity index is 2.10. The molecule has 0 fully saturated rings. The fraction of sp³-hybridized carbons (Fsp3) is 0.556. The van der Waals surface area contributed by atoms with Crippen LogP contribution in [0.5, 0.6) is 0 Å². The van der Waals surface area contributed by atoms with Crippen LogP contribution >= 0.6 is 31.9 Å². The van der Waals surface area contributed by atoms with Crippen LogP contribution in [-0.2, 0) is 0 Å². The predicted octanol–water partition coefficient (Wildman–Crippen LogP) is 2.23. The topological polar surface area (TPSA) is 24.1 Å². The van der Waals surface area contributed by atoms with Crippen molar-refractivity contribution in [2.75, 3.05) is 6.54 Å². The standard InChI is InChI=1S/C9H12Br2N2/c10-9(11)8-5-12-6-3-1-2-4-7(6)13-8/h2,4,8-9,12-13H,1,3,5H2. The summed E-state index contributed by atoms with van der Waals surface area (Å²) in [5, 5.41) is 6.95. The largest absolute Gasteiger partial charge is 0.385 e. The number of alkyl halides is 2. The van der Waals surface area contributed by atoms with E-state index in [0.29, 0.717) is 9.78 Å². The Hall–Kier alpha value is 0.0400. The quantitative estimate of drug-likeness (QED) is 0.726. The van der Waals surface area contributed by atoms with Crippen molar-refractivity contribution in [2.45, 2.75) is 22.6 Å². The van der Waals surface area contributed by atoms with Gasteiger partial charge in [0.2, 0.25) is 0 Å². The summed E-state index contributed by atoms with van der Waals surface area (Å²) >= 11 is 7.04. The third-order valence-corrected chi connectivity index (χ3v) is 3.63. The van der Waals surface area contributed by atoms with Gasteiger partial charge in [-0.25, -0.2) is 0 Å². The zero-order chi connectivity index (χ0) is 9.26. The summed E-state index contributed by atoms with van der Waals surface area (Å²) in [6.45, 7) is 0.980. The maximum absolute atomic E-state index is 3.52. The van der Waals surface area contributed by atoms with Crippen LogP contribution in [0, 0.1) is 0 Å². The van der Waals surface area contributed by atoms with Crippen molar-refractivity contribution in [3.63, 3.8) is 0 Å². The number of hydrogen-bond donors (Lipinski definition) is 2. The minimum absolute atomic E-state index is 0.317. The van der Waals surface area contributed by atoms with E-state index in [1.807, 2.05) is 0 Å². The average molecular weight is 308 g/mol. The lowest BCUT2D eigenvalue weighted by atomic mass is 10.1. The molecule has 0 amide bonds. The molecule has 0 spiro atoms. The third-order valence-electron chi connectivity index (χ3n) is 2.35. The summed E-state index contributed by atoms with van der Waals surface area (Å²) < 4.78 is 0.317. The Kier molecular flexibility index (Phi) is 2.99. The highest BCUT2D eigenvalue weighted by atomic mass is 79.9. The van der Waals surface area contributed by atoms with E-state index >= 15 is 0 Å². The van der Waals surface area contributed by atoms with Gasteiger partial charge in [0.15, 0.2) is 0 Å². The molecule has 0 radical (unpaired) electrons. The van der Waals surface area contributed by atoms with E-state index < -0.39 is 0 Å². The molecule has 2 rings (SSSR count). The highest BCUT2D eigenvalue weighted by Crippen LogP contribution is 2.22. The van der Waals surface area contributed by atoms with Crippen LogP contribution in [0.3, 0.4) is 0 Å². The van der Waals surface area contributed by atoms with Crippen LogP contribution in [0.15, 0.2) is 23.5 Å². The van der Waals surface area contributed by atoms with Crippen molar-refractivity contribution >= 4 is 31.9 Å². The number of nitrogens with one attached hydrogen (secondary N) is 2. The zero-order valence-electron chi connectivity index (χ0n) is 7.19. The van der Waals surface area contributed by atoms with Gasteiger partial charge in [0.1, 0.15) is 0 Å². The molecule has 0 aromatic carbocycles. The molecule has 4 heteroatoms. The molecule has 2 N–H and O–H groups in total. The second-order valence-corrected chi connectivity index (χ2v) is 6.50. The lowest BCUT2D eigenvalue weighted by molar-refractivity contribution is 0.521. The lowest BCUT2D eigenvalue weighted by Gasteiger charge is -2.32. The molecule has 0 aromatic rings. The van der Waals surface area contributed by atoms with Crippen molar-refractivity contribution in [3.8, 4) is 0 Å². The fourth-order valence-electron chi connectivity index (χ4n) is 1.62. The molecule has 1 atom stereocenters. The molecule has 72 valence electrons. The Morgan fingerprint density at radius 3 is 3.08 bits per heavy atom. The molecule has 2 nitrogen and oxygen atoms in total. The molecule has 0 saturated carbocycles. The lowest BCUT2D eigenvalue weighted by Crippen LogP contribution is -2.47. The number of halogens is 2. The van der Waals surface area contributed by atoms with Crippen LogP contribution in [0.4, 0.5) is 0 Å². The second-order valence-electron chi connectivity index (χ2n) is 3.30. The average Bonchev–Trinajstić information content (AvgIpc) is 2.17. The van der Waals surface area contributed by atoms with Crippen molar-refractivity contribution < 1.29 is 0 Å². The van der Waals surface area contributed by atoms with Crippen molar-refractivity contribution in [1.82, 2.24) is 10.6 Å². The van der Waals surface area contributed by atoms with Crippen LogP contribution in [0.25, 0.3) is 0 Å². The Morgan fingerprint density at radius 1 is 1.46 bits per heavy atom. The number of hydrogen-bond acceptors (Lipinski definition) is 2. The Labute approximate surface area is 95.1 Å². The zero-order valence-corrected chi connectivity index (χ0v) is 10.4. The van der Waals surface area contributed by atoms with Crippen LogP contribution in [0.1, 0.15) is 12.8 Å².